The first-order valence-electron chi connectivity index (χ1n) is 5.37. The molecule has 0 atom stereocenters. The summed E-state index contributed by atoms with van der Waals surface area (Å²) in [6.07, 6.45) is 3.23. The summed E-state index contributed by atoms with van der Waals surface area (Å²) in [4.78, 5) is 1.50. The van der Waals surface area contributed by atoms with E-state index in [2.05, 4.69) is 6.07 Å². The lowest BCUT2D eigenvalue weighted by molar-refractivity contribution is 0.602. The zero-order valence-electron chi connectivity index (χ0n) is 10.2. The fourth-order valence-electron chi connectivity index (χ4n) is 1.61. The summed E-state index contributed by atoms with van der Waals surface area (Å²) in [7, 11) is -3.17. The van der Waals surface area contributed by atoms with Crippen LogP contribution in [0.15, 0.2) is 52.3 Å². The quantitative estimate of drug-likeness (QED) is 0.807. The highest BCUT2D eigenvalue weighted by Crippen LogP contribution is 2.24. The van der Waals surface area contributed by atoms with Gasteiger partial charge in [0.05, 0.1) is 4.90 Å². The Morgan fingerprint density at radius 1 is 1.11 bits per heavy atom. The Bertz CT molecular complexity index is 644. The van der Waals surface area contributed by atoms with Gasteiger partial charge >= 0.3 is 0 Å². The van der Waals surface area contributed by atoms with Gasteiger partial charge in [-0.25, -0.2) is 8.42 Å². The minimum Gasteiger partial charge on any atom is -0.224 e. The van der Waals surface area contributed by atoms with Gasteiger partial charge in [0, 0.05) is 11.2 Å². The molecule has 0 spiro atoms. The lowest BCUT2D eigenvalue weighted by Gasteiger charge is -2.04. The largest absolute Gasteiger partial charge is 0.224 e. The first-order valence-corrected chi connectivity index (χ1v) is 8.48. The third kappa shape index (κ3) is 2.94. The van der Waals surface area contributed by atoms with Crippen molar-refractivity contribution < 1.29 is 8.42 Å². The summed E-state index contributed by atoms with van der Waals surface area (Å²) >= 11 is 1.67. The molecule has 0 fully saturated rings. The second-order valence-electron chi connectivity index (χ2n) is 3.94. The molecule has 0 unspecified atom stereocenters. The van der Waals surface area contributed by atoms with Crippen LogP contribution in [0.2, 0.25) is 0 Å². The highest BCUT2D eigenvalue weighted by molar-refractivity contribution is 7.98. The minimum atomic E-state index is -3.17. The molecule has 0 saturated carbocycles. The predicted molar refractivity (Wildman–Crippen MR) is 75.6 cm³/mol. The van der Waals surface area contributed by atoms with Crippen molar-refractivity contribution in [2.75, 3.05) is 12.5 Å². The second kappa shape index (κ2) is 5.16. The van der Waals surface area contributed by atoms with Crippen LogP contribution in [-0.4, -0.2) is 20.9 Å². The van der Waals surface area contributed by atoms with Gasteiger partial charge in [-0.1, -0.05) is 18.2 Å². The van der Waals surface area contributed by atoms with Gasteiger partial charge in [-0.05, 0) is 47.7 Å². The maximum absolute atomic E-state index is 11.5. The van der Waals surface area contributed by atoms with Crippen molar-refractivity contribution in [3.8, 4) is 11.1 Å². The van der Waals surface area contributed by atoms with E-state index in [4.69, 9.17) is 0 Å². The van der Waals surface area contributed by atoms with Crippen LogP contribution >= 0.6 is 11.8 Å². The second-order valence-corrected chi connectivity index (χ2v) is 6.83. The summed E-state index contributed by atoms with van der Waals surface area (Å²) < 4.78 is 23.0. The molecule has 0 aliphatic rings. The van der Waals surface area contributed by atoms with E-state index >= 15 is 0 Å². The molecule has 4 heteroatoms. The fraction of sp³-hybridized carbons (Fsp3) is 0.143. The molecule has 0 aromatic heterocycles. The number of benzene rings is 2. The van der Waals surface area contributed by atoms with Crippen LogP contribution in [0.25, 0.3) is 11.1 Å². The molecule has 0 N–H and O–H groups in total. The maximum atomic E-state index is 11.5. The standard InChI is InChI=1S/C14H13O2S2/c1-17-13-8-6-11(7-9-13)12-4-3-5-14(10-12)18(2,15)16/h3,5-10H,1-2H3. The Morgan fingerprint density at radius 3 is 2.33 bits per heavy atom. The van der Waals surface area contributed by atoms with Gasteiger partial charge in [0.25, 0.3) is 0 Å². The van der Waals surface area contributed by atoms with Crippen LogP contribution in [0, 0.1) is 6.07 Å². The van der Waals surface area contributed by atoms with Crippen LogP contribution in [0.5, 0.6) is 0 Å². The van der Waals surface area contributed by atoms with Gasteiger partial charge < -0.3 is 0 Å². The maximum Gasteiger partial charge on any atom is 0.175 e. The zero-order chi connectivity index (χ0) is 13.2. The van der Waals surface area contributed by atoms with Crippen molar-refractivity contribution in [3.63, 3.8) is 0 Å². The molecule has 0 aliphatic heterocycles. The number of thioether (sulfide) groups is 1. The summed E-state index contributed by atoms with van der Waals surface area (Å²) in [6.45, 7) is 0. The summed E-state index contributed by atoms with van der Waals surface area (Å²) in [6, 6.07) is 15.9. The summed E-state index contributed by atoms with van der Waals surface area (Å²) in [5.41, 5.74) is 1.77. The zero-order valence-corrected chi connectivity index (χ0v) is 11.8. The van der Waals surface area contributed by atoms with Crippen molar-refractivity contribution in [1.82, 2.24) is 0 Å². The van der Waals surface area contributed by atoms with Gasteiger partial charge in [0.15, 0.2) is 9.84 Å². The third-order valence-corrected chi connectivity index (χ3v) is 4.46. The highest BCUT2D eigenvalue weighted by Gasteiger charge is 2.08. The molecule has 0 heterocycles. The number of hydrogen-bond donors (Lipinski definition) is 0. The molecule has 0 bridgehead atoms. The molecule has 1 radical (unpaired) electrons. The molecule has 0 amide bonds. The molecule has 0 saturated heterocycles. The molecule has 2 aromatic rings. The van der Waals surface area contributed by atoms with Crippen LogP contribution in [-0.2, 0) is 9.84 Å². The van der Waals surface area contributed by atoms with Crippen molar-refractivity contribution in [2.45, 2.75) is 9.79 Å². The lowest BCUT2D eigenvalue weighted by Crippen LogP contribution is -1.96. The average Bonchev–Trinajstić information content (AvgIpc) is 2.38. The highest BCUT2D eigenvalue weighted by atomic mass is 32.2. The summed E-state index contributed by atoms with van der Waals surface area (Å²) in [5, 5.41) is 0. The molecule has 18 heavy (non-hydrogen) atoms. The van der Waals surface area contributed by atoms with E-state index in [9.17, 15) is 8.42 Å². The van der Waals surface area contributed by atoms with Crippen LogP contribution in [0.4, 0.5) is 0 Å². The monoisotopic (exact) mass is 277 g/mol. The molecule has 2 nitrogen and oxygen atoms in total. The predicted octanol–water partition coefficient (Wildman–Crippen LogP) is 3.28. The van der Waals surface area contributed by atoms with E-state index in [0.29, 0.717) is 4.90 Å². The van der Waals surface area contributed by atoms with Crippen molar-refractivity contribution in [3.05, 3.63) is 48.5 Å². The Hall–Kier alpha value is -1.26. The normalized spacial score (nSPS) is 11.4. The molecule has 2 rings (SSSR count). The van der Waals surface area contributed by atoms with Gasteiger partial charge in [0.2, 0.25) is 0 Å². The Kier molecular flexibility index (Phi) is 3.78. The topological polar surface area (TPSA) is 34.1 Å². The fourth-order valence-corrected chi connectivity index (χ4v) is 2.67. The molecular formula is C14H13O2S2. The third-order valence-electron chi connectivity index (χ3n) is 2.60. The molecular weight excluding hydrogens is 264 g/mol. The van der Waals surface area contributed by atoms with Crippen molar-refractivity contribution in [2.24, 2.45) is 0 Å². The first-order chi connectivity index (χ1) is 8.50. The van der Waals surface area contributed by atoms with Crippen LogP contribution in [0.3, 0.4) is 0 Å². The van der Waals surface area contributed by atoms with Crippen LogP contribution < -0.4 is 0 Å². The van der Waals surface area contributed by atoms with Gasteiger partial charge in [0.1, 0.15) is 0 Å². The molecule has 2 aromatic carbocycles. The number of sulfone groups is 1. The Morgan fingerprint density at radius 2 is 1.78 bits per heavy atom. The van der Waals surface area contributed by atoms with Crippen molar-refractivity contribution >= 4 is 21.6 Å². The Balaban J connectivity index is 2.44. The minimum absolute atomic E-state index is 0.324. The average molecular weight is 277 g/mol. The molecule has 93 valence electrons. The van der Waals surface area contributed by atoms with E-state index in [-0.39, 0.29) is 0 Å². The Labute approximate surface area is 112 Å². The SMILES string of the molecule is CSc1ccc(-c2[c]ccc(S(C)(=O)=O)c2)cc1. The smallest absolute Gasteiger partial charge is 0.175 e. The molecule has 0 aliphatic carbocycles. The van der Waals surface area contributed by atoms with Gasteiger partial charge in [-0.2, -0.15) is 0 Å². The van der Waals surface area contributed by atoms with Crippen LogP contribution in [0.1, 0.15) is 0 Å². The van der Waals surface area contributed by atoms with E-state index in [1.807, 2.05) is 30.5 Å². The van der Waals surface area contributed by atoms with E-state index < -0.39 is 9.84 Å². The van der Waals surface area contributed by atoms with Gasteiger partial charge in [-0.3, -0.25) is 0 Å². The first kappa shape index (κ1) is 13.2. The summed E-state index contributed by atoms with van der Waals surface area (Å²) in [5.74, 6) is 0. The van der Waals surface area contributed by atoms with E-state index in [1.54, 1.807) is 30.0 Å². The number of hydrogen-bond acceptors (Lipinski definition) is 3. The number of rotatable bonds is 3. The van der Waals surface area contributed by atoms with E-state index in [0.717, 1.165) is 11.1 Å². The van der Waals surface area contributed by atoms with Gasteiger partial charge in [-0.15, -0.1) is 11.8 Å². The van der Waals surface area contributed by atoms with E-state index in [1.165, 1.54) is 11.2 Å². The van der Waals surface area contributed by atoms with Crippen molar-refractivity contribution in [1.29, 1.82) is 0 Å². The lowest BCUT2D eigenvalue weighted by atomic mass is 10.1.